The minimum atomic E-state index is -0.224. The van der Waals surface area contributed by atoms with Crippen molar-refractivity contribution in [3.63, 3.8) is 0 Å². The van der Waals surface area contributed by atoms with E-state index in [0.29, 0.717) is 31.1 Å². The average molecular weight is 328 g/mol. The fourth-order valence-electron chi connectivity index (χ4n) is 4.82. The molecule has 3 atom stereocenters. The number of piperidine rings is 2. The summed E-state index contributed by atoms with van der Waals surface area (Å²) >= 11 is 0. The Hall–Kier alpha value is -1.55. The summed E-state index contributed by atoms with van der Waals surface area (Å²) in [5.74, 6) is 0.593. The van der Waals surface area contributed by atoms with Gasteiger partial charge in [0.1, 0.15) is 0 Å². The zero-order valence-corrected chi connectivity index (χ0v) is 14.5. The van der Waals surface area contributed by atoms with Crippen LogP contribution in [-0.4, -0.2) is 52.2 Å². The average Bonchev–Trinajstić information content (AvgIpc) is 2.85. The number of nitrogens with zero attached hydrogens (tertiary/aromatic N) is 2. The van der Waals surface area contributed by atoms with Crippen molar-refractivity contribution < 1.29 is 9.90 Å². The van der Waals surface area contributed by atoms with Gasteiger partial charge in [0.25, 0.3) is 0 Å². The summed E-state index contributed by atoms with van der Waals surface area (Å²) in [6.45, 7) is 3.54. The van der Waals surface area contributed by atoms with Gasteiger partial charge < -0.3 is 14.9 Å². The summed E-state index contributed by atoms with van der Waals surface area (Å²) in [6.07, 6.45) is 5.72. The standard InChI is InChI=1S/C20H28N2O2/c1-14-2-4-15(5-3-14)16-12-17-6-7-18(13-16)22(17)20(24)21-10-8-19(23)9-11-21/h2-5,16-19,23H,6-13H2,1H3/t16-,17+,18-. The Morgan fingerprint density at radius 2 is 1.58 bits per heavy atom. The van der Waals surface area contributed by atoms with E-state index < -0.39 is 0 Å². The highest BCUT2D eigenvalue weighted by molar-refractivity contribution is 5.76. The van der Waals surface area contributed by atoms with Crippen LogP contribution >= 0.6 is 0 Å². The summed E-state index contributed by atoms with van der Waals surface area (Å²) < 4.78 is 0. The van der Waals surface area contributed by atoms with Crippen LogP contribution in [0.3, 0.4) is 0 Å². The van der Waals surface area contributed by atoms with E-state index in [1.807, 2.05) is 4.90 Å². The number of benzene rings is 1. The second-order valence-corrected chi connectivity index (χ2v) is 7.87. The molecule has 2 amide bonds. The first-order valence-corrected chi connectivity index (χ1v) is 9.43. The fraction of sp³-hybridized carbons (Fsp3) is 0.650. The van der Waals surface area contributed by atoms with Gasteiger partial charge in [0.15, 0.2) is 0 Å². The van der Waals surface area contributed by atoms with Gasteiger partial charge in [-0.15, -0.1) is 0 Å². The molecule has 0 saturated carbocycles. The lowest BCUT2D eigenvalue weighted by Gasteiger charge is -2.43. The number of aliphatic hydroxyl groups excluding tert-OH is 1. The SMILES string of the molecule is Cc1ccc([C@H]2C[C@H]3CC[C@@H](C2)N3C(=O)N2CCC(O)CC2)cc1. The number of carbonyl (C=O) groups is 1. The van der Waals surface area contributed by atoms with Crippen LogP contribution in [0.4, 0.5) is 4.79 Å². The Kier molecular flexibility index (Phi) is 4.25. The highest BCUT2D eigenvalue weighted by Gasteiger charge is 2.45. The van der Waals surface area contributed by atoms with Crippen LogP contribution in [-0.2, 0) is 0 Å². The molecule has 0 spiro atoms. The molecule has 3 fully saturated rings. The predicted molar refractivity (Wildman–Crippen MR) is 94.0 cm³/mol. The monoisotopic (exact) mass is 328 g/mol. The molecule has 24 heavy (non-hydrogen) atoms. The van der Waals surface area contributed by atoms with Crippen LogP contribution in [0.15, 0.2) is 24.3 Å². The first kappa shape index (κ1) is 15.9. The minimum Gasteiger partial charge on any atom is -0.393 e. The van der Waals surface area contributed by atoms with E-state index in [0.717, 1.165) is 38.5 Å². The summed E-state index contributed by atoms with van der Waals surface area (Å²) in [6, 6.07) is 9.95. The first-order chi connectivity index (χ1) is 11.6. The third-order valence-electron chi connectivity index (χ3n) is 6.24. The van der Waals surface area contributed by atoms with E-state index in [1.54, 1.807) is 0 Å². The Morgan fingerprint density at radius 3 is 2.17 bits per heavy atom. The van der Waals surface area contributed by atoms with Crippen LogP contribution in [0.1, 0.15) is 55.6 Å². The summed E-state index contributed by atoms with van der Waals surface area (Å²) in [7, 11) is 0. The topological polar surface area (TPSA) is 43.8 Å². The molecule has 0 unspecified atom stereocenters. The number of hydrogen-bond acceptors (Lipinski definition) is 2. The van der Waals surface area contributed by atoms with Crippen molar-refractivity contribution in [2.24, 2.45) is 0 Å². The van der Waals surface area contributed by atoms with Crippen molar-refractivity contribution >= 4 is 6.03 Å². The Bertz CT molecular complexity index is 578. The van der Waals surface area contributed by atoms with Gasteiger partial charge in [-0.3, -0.25) is 0 Å². The van der Waals surface area contributed by atoms with E-state index in [9.17, 15) is 9.90 Å². The number of aliphatic hydroxyl groups is 1. The van der Waals surface area contributed by atoms with E-state index in [4.69, 9.17) is 0 Å². The molecule has 3 aliphatic rings. The van der Waals surface area contributed by atoms with Crippen LogP contribution < -0.4 is 0 Å². The Labute approximate surface area is 144 Å². The largest absolute Gasteiger partial charge is 0.393 e. The highest BCUT2D eigenvalue weighted by atomic mass is 16.3. The maximum Gasteiger partial charge on any atom is 0.320 e. The molecule has 2 bridgehead atoms. The number of urea groups is 1. The normalized spacial score (nSPS) is 30.7. The smallest absolute Gasteiger partial charge is 0.320 e. The fourth-order valence-corrected chi connectivity index (χ4v) is 4.82. The second-order valence-electron chi connectivity index (χ2n) is 7.87. The lowest BCUT2D eigenvalue weighted by Crippen LogP contribution is -2.53. The zero-order chi connectivity index (χ0) is 16.7. The molecule has 1 N–H and O–H groups in total. The van der Waals surface area contributed by atoms with Gasteiger partial charge in [0.05, 0.1) is 6.10 Å². The molecule has 0 aromatic heterocycles. The van der Waals surface area contributed by atoms with E-state index >= 15 is 0 Å². The zero-order valence-electron chi connectivity index (χ0n) is 14.5. The van der Waals surface area contributed by atoms with Crippen molar-refractivity contribution in [1.82, 2.24) is 9.80 Å². The molecule has 1 aromatic rings. The quantitative estimate of drug-likeness (QED) is 0.860. The third-order valence-corrected chi connectivity index (χ3v) is 6.24. The van der Waals surface area contributed by atoms with E-state index in [1.165, 1.54) is 11.1 Å². The molecule has 0 radical (unpaired) electrons. The molecule has 4 nitrogen and oxygen atoms in total. The van der Waals surface area contributed by atoms with Crippen LogP contribution in [0.2, 0.25) is 0 Å². The van der Waals surface area contributed by atoms with Crippen molar-refractivity contribution in [2.75, 3.05) is 13.1 Å². The van der Waals surface area contributed by atoms with Gasteiger partial charge in [-0.1, -0.05) is 29.8 Å². The molecule has 0 aliphatic carbocycles. The van der Waals surface area contributed by atoms with Gasteiger partial charge in [-0.05, 0) is 56.9 Å². The van der Waals surface area contributed by atoms with Gasteiger partial charge >= 0.3 is 6.03 Å². The van der Waals surface area contributed by atoms with Crippen LogP contribution in [0, 0.1) is 6.92 Å². The molecular formula is C20H28N2O2. The molecule has 1 aromatic carbocycles. The maximum atomic E-state index is 13.0. The second kappa shape index (κ2) is 6.40. The van der Waals surface area contributed by atoms with Crippen LogP contribution in [0.5, 0.6) is 0 Å². The number of hydrogen-bond donors (Lipinski definition) is 1. The number of amides is 2. The maximum absolute atomic E-state index is 13.0. The molecule has 3 aliphatic heterocycles. The predicted octanol–water partition coefficient (Wildman–Crippen LogP) is 3.28. The minimum absolute atomic E-state index is 0.219. The van der Waals surface area contributed by atoms with E-state index in [-0.39, 0.29) is 12.1 Å². The van der Waals surface area contributed by atoms with Gasteiger partial charge in [0.2, 0.25) is 0 Å². The highest BCUT2D eigenvalue weighted by Crippen LogP contribution is 2.43. The molecular weight excluding hydrogens is 300 g/mol. The molecule has 4 heteroatoms. The summed E-state index contributed by atoms with van der Waals surface area (Å²) in [5, 5.41) is 9.66. The lowest BCUT2D eigenvalue weighted by atomic mass is 9.85. The lowest BCUT2D eigenvalue weighted by molar-refractivity contribution is 0.0651. The van der Waals surface area contributed by atoms with Crippen molar-refractivity contribution in [2.45, 2.75) is 69.6 Å². The Morgan fingerprint density at radius 1 is 1.00 bits per heavy atom. The Balaban J connectivity index is 1.45. The number of carbonyl (C=O) groups excluding carboxylic acids is 1. The molecule has 3 saturated heterocycles. The molecule has 3 heterocycles. The number of fused-ring (bicyclic) bond motifs is 2. The first-order valence-electron chi connectivity index (χ1n) is 9.43. The van der Waals surface area contributed by atoms with Gasteiger partial charge in [-0.25, -0.2) is 4.79 Å². The third kappa shape index (κ3) is 2.92. The summed E-state index contributed by atoms with van der Waals surface area (Å²) in [4.78, 5) is 17.1. The molecule has 130 valence electrons. The number of aryl methyl sites for hydroxylation is 1. The van der Waals surface area contributed by atoms with E-state index in [2.05, 4.69) is 36.1 Å². The summed E-state index contributed by atoms with van der Waals surface area (Å²) in [5.41, 5.74) is 2.74. The van der Waals surface area contributed by atoms with Gasteiger partial charge in [-0.2, -0.15) is 0 Å². The number of rotatable bonds is 1. The van der Waals surface area contributed by atoms with Gasteiger partial charge in [0, 0.05) is 25.2 Å². The van der Waals surface area contributed by atoms with Crippen molar-refractivity contribution in [3.8, 4) is 0 Å². The molecule has 4 rings (SSSR count). The van der Waals surface area contributed by atoms with Crippen molar-refractivity contribution in [3.05, 3.63) is 35.4 Å². The number of likely N-dealkylation sites (tertiary alicyclic amines) is 1. The van der Waals surface area contributed by atoms with Crippen LogP contribution in [0.25, 0.3) is 0 Å². The van der Waals surface area contributed by atoms with Crippen molar-refractivity contribution in [1.29, 1.82) is 0 Å².